The predicted octanol–water partition coefficient (Wildman–Crippen LogP) is 3.50. The van der Waals surface area contributed by atoms with E-state index in [2.05, 4.69) is 35.3 Å². The molecule has 208 valence electrons. The number of anilines is 1. The van der Waals surface area contributed by atoms with E-state index in [1.807, 2.05) is 0 Å². The highest BCUT2D eigenvalue weighted by molar-refractivity contribution is 5.90. The number of phenols is 1. The molecule has 2 aromatic rings. The molecule has 1 fully saturated rings. The minimum Gasteiger partial charge on any atom is -0.508 e. The molecule has 2 aliphatic rings. The van der Waals surface area contributed by atoms with E-state index in [9.17, 15) is 28.2 Å². The standard InChI is InChI=1S/C24H30N2O5.C2HF3O2/c1-16-3-6-22-18(11-16)13-24(31-22)7-9-26(10-8-24)14-20(29)15-30-23-12-19(28)4-5-21(23)25-17(2)27;3-2(4,5)1(6)7/h3-6,11-12,20,28-29H,7-10,13-15H2,1-2H3,(H,25,27);(H,6,7)/t20-;/m0./s1. The maximum Gasteiger partial charge on any atom is 0.490 e. The van der Waals surface area contributed by atoms with Gasteiger partial charge in [-0.2, -0.15) is 13.2 Å². The average Bonchev–Trinajstić information content (AvgIpc) is 3.17. The van der Waals surface area contributed by atoms with Crippen LogP contribution in [0.25, 0.3) is 0 Å². The van der Waals surface area contributed by atoms with Crippen molar-refractivity contribution < 1.29 is 47.6 Å². The van der Waals surface area contributed by atoms with Crippen molar-refractivity contribution in [2.75, 3.05) is 31.6 Å². The van der Waals surface area contributed by atoms with Gasteiger partial charge < -0.3 is 35.0 Å². The molecule has 38 heavy (non-hydrogen) atoms. The van der Waals surface area contributed by atoms with Crippen LogP contribution in [0.1, 0.15) is 30.9 Å². The molecule has 1 spiro atoms. The number of carbonyl (C=O) groups is 2. The Balaban J connectivity index is 0.000000505. The summed E-state index contributed by atoms with van der Waals surface area (Å²) in [7, 11) is 0. The van der Waals surface area contributed by atoms with Crippen LogP contribution in [0.15, 0.2) is 36.4 Å². The van der Waals surface area contributed by atoms with Gasteiger partial charge in [-0.25, -0.2) is 4.79 Å². The fourth-order valence-corrected chi connectivity index (χ4v) is 4.44. The SMILES string of the molecule is CC(=O)Nc1ccc(O)cc1OC[C@@H](O)CN1CCC2(CC1)Cc1cc(C)ccc1O2.O=C(O)C(F)(F)F. The van der Waals surface area contributed by atoms with Gasteiger partial charge in [-0.15, -0.1) is 0 Å². The highest BCUT2D eigenvalue weighted by atomic mass is 19.4. The van der Waals surface area contributed by atoms with E-state index in [1.54, 1.807) is 6.07 Å². The van der Waals surface area contributed by atoms with Crippen molar-refractivity contribution in [3.63, 3.8) is 0 Å². The third-order valence-corrected chi connectivity index (χ3v) is 6.24. The second kappa shape index (κ2) is 11.9. The summed E-state index contributed by atoms with van der Waals surface area (Å²) in [5.74, 6) is -1.61. The number of nitrogens with zero attached hydrogens (tertiary/aromatic N) is 1. The van der Waals surface area contributed by atoms with E-state index in [1.165, 1.54) is 30.2 Å². The Labute approximate surface area is 217 Å². The van der Waals surface area contributed by atoms with Crippen LogP contribution in [0.3, 0.4) is 0 Å². The number of phenolic OH excluding ortho intramolecular Hbond substituents is 1. The minimum atomic E-state index is -5.08. The topological polar surface area (TPSA) is 129 Å². The van der Waals surface area contributed by atoms with Gasteiger partial charge in [0, 0.05) is 51.9 Å². The van der Waals surface area contributed by atoms with Gasteiger partial charge >= 0.3 is 12.1 Å². The summed E-state index contributed by atoms with van der Waals surface area (Å²) >= 11 is 0. The van der Waals surface area contributed by atoms with Crippen LogP contribution >= 0.6 is 0 Å². The number of aliphatic hydroxyl groups is 1. The van der Waals surface area contributed by atoms with Crippen LogP contribution in [0.2, 0.25) is 0 Å². The van der Waals surface area contributed by atoms with Crippen molar-refractivity contribution in [3.8, 4) is 17.2 Å². The van der Waals surface area contributed by atoms with Crippen molar-refractivity contribution in [1.82, 2.24) is 4.90 Å². The molecule has 1 amide bonds. The van der Waals surface area contributed by atoms with Crippen molar-refractivity contribution in [1.29, 1.82) is 0 Å². The number of piperidine rings is 1. The number of carboxylic acid groups (broad SMARTS) is 1. The number of aliphatic hydroxyl groups excluding tert-OH is 1. The molecule has 0 radical (unpaired) electrons. The van der Waals surface area contributed by atoms with Gasteiger partial charge in [-0.3, -0.25) is 4.79 Å². The van der Waals surface area contributed by atoms with Gasteiger partial charge in [-0.05, 0) is 30.7 Å². The maximum atomic E-state index is 11.4. The van der Waals surface area contributed by atoms with Crippen molar-refractivity contribution in [2.24, 2.45) is 0 Å². The number of aryl methyl sites for hydroxylation is 1. The Hall–Kier alpha value is -3.51. The molecule has 2 aromatic carbocycles. The fraction of sp³-hybridized carbons (Fsp3) is 0.462. The summed E-state index contributed by atoms with van der Waals surface area (Å²) in [4.78, 5) is 22.5. The first-order valence-corrected chi connectivity index (χ1v) is 12.0. The number of nitrogens with one attached hydrogen (secondary N) is 1. The molecular formula is C26H31F3N2O7. The van der Waals surface area contributed by atoms with Crippen molar-refractivity contribution >= 4 is 17.6 Å². The predicted molar refractivity (Wildman–Crippen MR) is 132 cm³/mol. The number of carboxylic acids is 1. The third kappa shape index (κ3) is 7.99. The molecule has 0 aromatic heterocycles. The Kier molecular flexibility index (Phi) is 9.10. The molecule has 1 saturated heterocycles. The Morgan fingerprint density at radius 2 is 1.84 bits per heavy atom. The molecule has 0 saturated carbocycles. The average molecular weight is 541 g/mol. The third-order valence-electron chi connectivity index (χ3n) is 6.24. The normalized spacial score (nSPS) is 17.0. The second-order valence-corrected chi connectivity index (χ2v) is 9.50. The number of aliphatic carboxylic acids is 1. The first-order chi connectivity index (χ1) is 17.8. The second-order valence-electron chi connectivity index (χ2n) is 9.50. The number of benzene rings is 2. The molecular weight excluding hydrogens is 509 g/mol. The van der Waals surface area contributed by atoms with E-state index < -0.39 is 18.2 Å². The van der Waals surface area contributed by atoms with Crippen LogP contribution in [-0.2, 0) is 16.0 Å². The lowest BCUT2D eigenvalue weighted by molar-refractivity contribution is -0.192. The molecule has 0 bridgehead atoms. The maximum absolute atomic E-state index is 11.4. The fourth-order valence-electron chi connectivity index (χ4n) is 4.44. The molecule has 4 rings (SSSR count). The Morgan fingerprint density at radius 1 is 1.18 bits per heavy atom. The number of aromatic hydroxyl groups is 1. The molecule has 2 heterocycles. The van der Waals surface area contributed by atoms with E-state index in [0.717, 1.165) is 38.1 Å². The first kappa shape index (κ1) is 29.1. The highest BCUT2D eigenvalue weighted by Crippen LogP contribution is 2.41. The number of hydrogen-bond donors (Lipinski definition) is 4. The number of halogens is 3. The summed E-state index contributed by atoms with van der Waals surface area (Å²) in [6, 6.07) is 10.9. The van der Waals surface area contributed by atoms with Crippen LogP contribution in [0.5, 0.6) is 17.2 Å². The quantitative estimate of drug-likeness (QED) is 0.410. The van der Waals surface area contributed by atoms with Crippen LogP contribution < -0.4 is 14.8 Å². The number of β-amino-alcohol motifs (C(OH)–C–C–N with tert-alkyl or cyclic N) is 1. The number of rotatable bonds is 6. The van der Waals surface area contributed by atoms with Crippen LogP contribution in [-0.4, -0.2) is 76.2 Å². The number of alkyl halides is 3. The first-order valence-electron chi connectivity index (χ1n) is 12.0. The number of carbonyl (C=O) groups excluding carboxylic acids is 1. The van der Waals surface area contributed by atoms with Gasteiger partial charge in [0.25, 0.3) is 0 Å². The van der Waals surface area contributed by atoms with Gasteiger partial charge in [-0.1, -0.05) is 17.7 Å². The smallest absolute Gasteiger partial charge is 0.490 e. The zero-order chi connectivity index (χ0) is 28.1. The molecule has 0 unspecified atom stereocenters. The monoisotopic (exact) mass is 540 g/mol. The number of amides is 1. The molecule has 1 atom stereocenters. The lowest BCUT2D eigenvalue weighted by Crippen LogP contribution is -2.49. The van der Waals surface area contributed by atoms with Gasteiger partial charge in [0.2, 0.25) is 5.91 Å². The molecule has 2 aliphatic heterocycles. The van der Waals surface area contributed by atoms with Gasteiger partial charge in [0.05, 0.1) is 5.69 Å². The summed E-state index contributed by atoms with van der Waals surface area (Å²) in [5.41, 5.74) is 2.89. The lowest BCUT2D eigenvalue weighted by atomic mass is 9.87. The number of ether oxygens (including phenoxy) is 2. The van der Waals surface area contributed by atoms with Crippen LogP contribution in [0.4, 0.5) is 18.9 Å². The summed E-state index contributed by atoms with van der Waals surface area (Å²) < 4.78 is 43.8. The number of fused-ring (bicyclic) bond motifs is 1. The van der Waals surface area contributed by atoms with E-state index in [0.29, 0.717) is 18.0 Å². The summed E-state index contributed by atoms with van der Waals surface area (Å²) in [5, 5.41) is 30.0. The van der Waals surface area contributed by atoms with Crippen LogP contribution in [0, 0.1) is 6.92 Å². The minimum absolute atomic E-state index is 0.0349. The summed E-state index contributed by atoms with van der Waals surface area (Å²) in [6.45, 7) is 5.78. The Bertz CT molecular complexity index is 1150. The van der Waals surface area contributed by atoms with Crippen molar-refractivity contribution in [3.05, 3.63) is 47.5 Å². The van der Waals surface area contributed by atoms with Gasteiger partial charge in [0.1, 0.15) is 35.6 Å². The lowest BCUT2D eigenvalue weighted by Gasteiger charge is -2.39. The number of hydrogen-bond acceptors (Lipinski definition) is 7. The van der Waals surface area contributed by atoms with E-state index >= 15 is 0 Å². The van der Waals surface area contributed by atoms with E-state index in [4.69, 9.17) is 19.4 Å². The highest BCUT2D eigenvalue weighted by Gasteiger charge is 2.42. The van der Waals surface area contributed by atoms with Gasteiger partial charge in [0.15, 0.2) is 0 Å². The van der Waals surface area contributed by atoms with Crippen molar-refractivity contribution in [2.45, 2.75) is 51.0 Å². The van der Waals surface area contributed by atoms with E-state index in [-0.39, 0.29) is 23.9 Å². The zero-order valence-corrected chi connectivity index (χ0v) is 21.0. The zero-order valence-electron chi connectivity index (χ0n) is 21.0. The Morgan fingerprint density at radius 3 is 2.45 bits per heavy atom. The summed E-state index contributed by atoms with van der Waals surface area (Å²) in [6.07, 6.45) is -2.97. The largest absolute Gasteiger partial charge is 0.508 e. The molecule has 12 heteroatoms. The molecule has 4 N–H and O–H groups in total. The molecule has 9 nitrogen and oxygen atoms in total. The number of likely N-dealkylation sites (tertiary alicyclic amines) is 1. The molecule has 0 aliphatic carbocycles.